The topological polar surface area (TPSA) is 97.3 Å². The Morgan fingerprint density at radius 3 is 2.40 bits per heavy atom. The summed E-state index contributed by atoms with van der Waals surface area (Å²) >= 11 is 0. The summed E-state index contributed by atoms with van der Waals surface area (Å²) in [6.45, 7) is 5.79. The quantitative estimate of drug-likeness (QED) is 0.793. The summed E-state index contributed by atoms with van der Waals surface area (Å²) in [7, 11) is 3.16. The number of urea groups is 1. The molecular weight excluding hydrogens is 322 g/mol. The molecule has 8 heteroatoms. The highest BCUT2D eigenvalue weighted by Crippen LogP contribution is 2.21. The van der Waals surface area contributed by atoms with E-state index in [-0.39, 0.29) is 12.1 Å². The molecule has 2 rings (SSSR count). The lowest BCUT2D eigenvalue weighted by atomic mass is 10.1. The van der Waals surface area contributed by atoms with Crippen LogP contribution in [0.4, 0.5) is 21.0 Å². The van der Waals surface area contributed by atoms with Gasteiger partial charge < -0.3 is 15.4 Å². The van der Waals surface area contributed by atoms with Gasteiger partial charge in [-0.25, -0.2) is 9.59 Å². The SMILES string of the molecule is COC(=O)Nc1cccc(NC(=O)NC(C)c2c(C)nn(C)c2C)c1. The molecule has 3 amide bonds. The van der Waals surface area contributed by atoms with Crippen molar-refractivity contribution in [1.29, 1.82) is 0 Å². The molecule has 1 aromatic heterocycles. The predicted octanol–water partition coefficient (Wildman–Crippen LogP) is 3.10. The van der Waals surface area contributed by atoms with Gasteiger partial charge in [0.05, 0.1) is 18.8 Å². The Kier molecular flexibility index (Phi) is 5.63. The number of carbonyl (C=O) groups excluding carboxylic acids is 2. The van der Waals surface area contributed by atoms with E-state index < -0.39 is 6.09 Å². The Bertz CT molecular complexity index is 785. The number of carbonyl (C=O) groups is 2. The fraction of sp³-hybridized carbons (Fsp3) is 0.353. The van der Waals surface area contributed by atoms with Crippen molar-refractivity contribution in [3.8, 4) is 0 Å². The van der Waals surface area contributed by atoms with E-state index >= 15 is 0 Å². The molecule has 0 saturated carbocycles. The van der Waals surface area contributed by atoms with Crippen LogP contribution in [0, 0.1) is 13.8 Å². The second-order valence-corrected chi connectivity index (χ2v) is 5.73. The molecule has 25 heavy (non-hydrogen) atoms. The van der Waals surface area contributed by atoms with Gasteiger partial charge in [0.25, 0.3) is 0 Å². The summed E-state index contributed by atoms with van der Waals surface area (Å²) in [5.41, 5.74) is 3.97. The van der Waals surface area contributed by atoms with Crippen molar-refractivity contribution in [3.63, 3.8) is 0 Å². The first-order valence-corrected chi connectivity index (χ1v) is 7.84. The maximum Gasteiger partial charge on any atom is 0.411 e. The second-order valence-electron chi connectivity index (χ2n) is 5.73. The lowest BCUT2D eigenvalue weighted by Crippen LogP contribution is -2.31. The summed E-state index contributed by atoms with van der Waals surface area (Å²) in [6, 6.07) is 6.26. The molecule has 0 radical (unpaired) electrons. The monoisotopic (exact) mass is 345 g/mol. The highest BCUT2D eigenvalue weighted by atomic mass is 16.5. The smallest absolute Gasteiger partial charge is 0.411 e. The molecule has 1 aromatic carbocycles. The number of aromatic nitrogens is 2. The Hall–Kier alpha value is -3.03. The highest BCUT2D eigenvalue weighted by molar-refractivity contribution is 5.91. The van der Waals surface area contributed by atoms with Gasteiger partial charge in [-0.15, -0.1) is 0 Å². The van der Waals surface area contributed by atoms with Crippen molar-refractivity contribution in [3.05, 3.63) is 41.2 Å². The molecule has 0 spiro atoms. The van der Waals surface area contributed by atoms with E-state index in [1.807, 2.05) is 27.8 Å². The summed E-state index contributed by atoms with van der Waals surface area (Å²) in [5, 5.41) is 12.6. The normalized spacial score (nSPS) is 11.6. The van der Waals surface area contributed by atoms with Crippen molar-refractivity contribution in [1.82, 2.24) is 15.1 Å². The van der Waals surface area contributed by atoms with Gasteiger partial charge in [-0.3, -0.25) is 10.00 Å². The van der Waals surface area contributed by atoms with Crippen LogP contribution < -0.4 is 16.0 Å². The fourth-order valence-electron chi connectivity index (χ4n) is 2.70. The first-order chi connectivity index (χ1) is 11.8. The van der Waals surface area contributed by atoms with Crippen LogP contribution in [0.25, 0.3) is 0 Å². The molecule has 3 N–H and O–H groups in total. The number of aryl methyl sites for hydroxylation is 2. The predicted molar refractivity (Wildman–Crippen MR) is 95.7 cm³/mol. The van der Waals surface area contributed by atoms with Gasteiger partial charge in [0.15, 0.2) is 0 Å². The van der Waals surface area contributed by atoms with E-state index in [0.717, 1.165) is 17.0 Å². The average molecular weight is 345 g/mol. The molecule has 0 aliphatic rings. The van der Waals surface area contributed by atoms with Crippen LogP contribution in [0.2, 0.25) is 0 Å². The summed E-state index contributed by atoms with van der Waals surface area (Å²) in [5.74, 6) is 0. The highest BCUT2D eigenvalue weighted by Gasteiger charge is 2.18. The van der Waals surface area contributed by atoms with Gasteiger partial charge in [-0.05, 0) is 39.0 Å². The molecule has 1 heterocycles. The number of ether oxygens (including phenoxy) is 1. The summed E-state index contributed by atoms with van der Waals surface area (Å²) in [6.07, 6.45) is -0.572. The Morgan fingerprint density at radius 2 is 1.84 bits per heavy atom. The van der Waals surface area contributed by atoms with Crippen molar-refractivity contribution in [2.45, 2.75) is 26.8 Å². The number of rotatable bonds is 4. The van der Waals surface area contributed by atoms with Crippen LogP contribution in [-0.2, 0) is 11.8 Å². The largest absolute Gasteiger partial charge is 0.453 e. The van der Waals surface area contributed by atoms with Crippen molar-refractivity contribution in [2.75, 3.05) is 17.7 Å². The third-order valence-electron chi connectivity index (χ3n) is 3.90. The van der Waals surface area contributed by atoms with Crippen LogP contribution >= 0.6 is 0 Å². The maximum atomic E-state index is 12.3. The number of amides is 3. The van der Waals surface area contributed by atoms with Crippen LogP contribution in [0.15, 0.2) is 24.3 Å². The van der Waals surface area contributed by atoms with Gasteiger partial charge in [0.1, 0.15) is 0 Å². The van der Waals surface area contributed by atoms with Crippen LogP contribution in [0.5, 0.6) is 0 Å². The molecule has 1 atom stereocenters. The number of hydrogen-bond acceptors (Lipinski definition) is 4. The van der Waals surface area contributed by atoms with Crippen LogP contribution in [0.1, 0.15) is 29.9 Å². The van der Waals surface area contributed by atoms with Crippen molar-refractivity contribution < 1.29 is 14.3 Å². The van der Waals surface area contributed by atoms with Crippen LogP contribution in [0.3, 0.4) is 0 Å². The first kappa shape index (κ1) is 18.3. The van der Waals surface area contributed by atoms with Gasteiger partial charge >= 0.3 is 12.1 Å². The lowest BCUT2D eigenvalue weighted by molar-refractivity contribution is 0.187. The van der Waals surface area contributed by atoms with E-state index in [1.54, 1.807) is 28.9 Å². The minimum Gasteiger partial charge on any atom is -0.453 e. The zero-order chi connectivity index (χ0) is 18.6. The third-order valence-corrected chi connectivity index (χ3v) is 3.90. The zero-order valence-electron chi connectivity index (χ0n) is 15.0. The molecule has 0 fully saturated rings. The third kappa shape index (κ3) is 4.50. The second kappa shape index (κ2) is 7.69. The Balaban J connectivity index is 2.02. The van der Waals surface area contributed by atoms with Gasteiger partial charge in [0.2, 0.25) is 0 Å². The summed E-state index contributed by atoms with van der Waals surface area (Å²) in [4.78, 5) is 23.5. The van der Waals surface area contributed by atoms with Crippen molar-refractivity contribution >= 4 is 23.5 Å². The number of hydrogen-bond donors (Lipinski definition) is 3. The molecule has 8 nitrogen and oxygen atoms in total. The number of anilines is 2. The number of methoxy groups -OCH3 is 1. The molecule has 134 valence electrons. The minimum absolute atomic E-state index is 0.190. The number of nitrogens with zero attached hydrogens (tertiary/aromatic N) is 2. The Morgan fingerprint density at radius 1 is 1.20 bits per heavy atom. The maximum absolute atomic E-state index is 12.3. The molecule has 0 bridgehead atoms. The van der Waals surface area contributed by atoms with Crippen molar-refractivity contribution in [2.24, 2.45) is 7.05 Å². The van der Waals surface area contributed by atoms with Crippen LogP contribution in [-0.4, -0.2) is 29.0 Å². The van der Waals surface area contributed by atoms with E-state index in [2.05, 4.69) is 25.8 Å². The van der Waals surface area contributed by atoms with Gasteiger partial charge in [0, 0.05) is 29.7 Å². The van der Waals surface area contributed by atoms with Gasteiger partial charge in [-0.1, -0.05) is 6.07 Å². The van der Waals surface area contributed by atoms with E-state index in [1.165, 1.54) is 7.11 Å². The standard InChI is InChI=1S/C17H23N5O3/c1-10(15-11(2)21-22(4)12(15)3)18-16(23)19-13-7-6-8-14(9-13)20-17(24)25-5/h6-10H,1-5H3,(H,20,24)(H2,18,19,23). The molecule has 0 aliphatic carbocycles. The molecule has 2 aromatic rings. The molecule has 0 saturated heterocycles. The number of benzene rings is 1. The van der Waals surface area contributed by atoms with E-state index in [0.29, 0.717) is 11.4 Å². The molecular formula is C17H23N5O3. The van der Waals surface area contributed by atoms with E-state index in [9.17, 15) is 9.59 Å². The zero-order valence-corrected chi connectivity index (χ0v) is 15.0. The minimum atomic E-state index is -0.572. The lowest BCUT2D eigenvalue weighted by Gasteiger charge is -2.16. The van der Waals surface area contributed by atoms with Gasteiger partial charge in [-0.2, -0.15) is 5.10 Å². The molecule has 1 unspecified atom stereocenters. The fourth-order valence-corrected chi connectivity index (χ4v) is 2.70. The average Bonchev–Trinajstić information content (AvgIpc) is 2.79. The first-order valence-electron chi connectivity index (χ1n) is 7.84. The summed E-state index contributed by atoms with van der Waals surface area (Å²) < 4.78 is 6.34. The Labute approximate surface area is 146 Å². The van der Waals surface area contributed by atoms with E-state index in [4.69, 9.17) is 0 Å². The molecule has 0 aliphatic heterocycles. The number of nitrogens with one attached hydrogen (secondary N) is 3.